The van der Waals surface area contributed by atoms with Gasteiger partial charge in [-0.25, -0.2) is 0 Å². The van der Waals surface area contributed by atoms with Crippen molar-refractivity contribution < 1.29 is 50.0 Å². The van der Waals surface area contributed by atoms with E-state index in [0.29, 0.717) is 12.8 Å². The number of nitrogens with one attached hydrogen (secondary N) is 1. The molecule has 11 heteroatoms. The van der Waals surface area contributed by atoms with Gasteiger partial charge in [0.25, 0.3) is 0 Å². The number of hydrogen-bond acceptors (Lipinski definition) is 10. The highest BCUT2D eigenvalue weighted by molar-refractivity contribution is 5.80. The molecular formula is C74H145NO10. The van der Waals surface area contributed by atoms with Crippen LogP contribution in [0.3, 0.4) is 0 Å². The van der Waals surface area contributed by atoms with Crippen LogP contribution >= 0.6 is 0 Å². The maximum atomic E-state index is 13.3. The predicted octanol–water partition coefficient (Wildman–Crippen LogP) is 18.6. The summed E-state index contributed by atoms with van der Waals surface area (Å²) in [5.74, 6) is -0.697. The zero-order valence-electron chi connectivity index (χ0n) is 56.1. The Labute approximate surface area is 525 Å². The van der Waals surface area contributed by atoms with E-state index in [1.165, 1.54) is 308 Å². The van der Waals surface area contributed by atoms with Gasteiger partial charge in [-0.1, -0.05) is 360 Å². The van der Waals surface area contributed by atoms with Crippen LogP contribution in [0.4, 0.5) is 0 Å². The first-order valence-corrected chi connectivity index (χ1v) is 37.6. The van der Waals surface area contributed by atoms with Crippen molar-refractivity contribution in [2.75, 3.05) is 13.2 Å². The van der Waals surface area contributed by atoms with Gasteiger partial charge in [-0.2, -0.15) is 0 Å². The summed E-state index contributed by atoms with van der Waals surface area (Å²) in [6.07, 6.45) is 67.6. The molecule has 0 radical (unpaired) electrons. The molecular weight excluding hydrogens is 1060 g/mol. The van der Waals surface area contributed by atoms with Crippen LogP contribution in [-0.4, -0.2) is 110 Å². The lowest BCUT2D eigenvalue weighted by Crippen LogP contribution is -2.60. The van der Waals surface area contributed by atoms with Crippen LogP contribution in [0.2, 0.25) is 0 Å². The largest absolute Gasteiger partial charge is 0.394 e. The maximum Gasteiger partial charge on any atom is 0.249 e. The van der Waals surface area contributed by atoms with Crippen molar-refractivity contribution in [2.45, 2.75) is 441 Å². The van der Waals surface area contributed by atoms with Crippen LogP contribution in [0.25, 0.3) is 0 Å². The topological polar surface area (TPSA) is 189 Å². The number of hydrogen-bond donors (Lipinski definition) is 8. The Bertz CT molecular complexity index is 1390. The van der Waals surface area contributed by atoms with Crippen molar-refractivity contribution in [2.24, 2.45) is 0 Å². The molecule has 0 bridgehead atoms. The number of rotatable bonds is 67. The number of unbranched alkanes of at least 4 members (excludes halogenated alkanes) is 53. The SMILES string of the molecule is CCCCCCCCCCCCCCCCCCC/C=C/CCCC(O)C(O)C(COC1OC(CO)C(O)C(O)C1O)NC(=O)C(O)CCCCCCCCCCCCCCCCCCCCCCCCCCCCCCCCCCCCCC. The molecule has 0 aromatic carbocycles. The van der Waals surface area contributed by atoms with Gasteiger partial charge in [0.15, 0.2) is 6.29 Å². The first kappa shape index (κ1) is 81.9. The number of aliphatic hydroxyl groups is 7. The van der Waals surface area contributed by atoms with Crippen LogP contribution in [0.15, 0.2) is 12.2 Å². The van der Waals surface area contributed by atoms with Crippen LogP contribution in [0.1, 0.15) is 386 Å². The summed E-state index contributed by atoms with van der Waals surface area (Å²) in [6.45, 7) is 3.51. The van der Waals surface area contributed by atoms with E-state index in [0.717, 1.165) is 38.5 Å². The van der Waals surface area contributed by atoms with Crippen molar-refractivity contribution in [3.8, 4) is 0 Å². The van der Waals surface area contributed by atoms with Gasteiger partial charge in [-0.3, -0.25) is 4.79 Å². The van der Waals surface area contributed by atoms with Crippen LogP contribution in [-0.2, 0) is 14.3 Å². The van der Waals surface area contributed by atoms with E-state index in [1.807, 2.05) is 0 Å². The smallest absolute Gasteiger partial charge is 0.249 e. The minimum atomic E-state index is -1.67. The Balaban J connectivity index is 2.13. The van der Waals surface area contributed by atoms with Gasteiger partial charge in [-0.05, 0) is 38.5 Å². The van der Waals surface area contributed by atoms with E-state index in [9.17, 15) is 40.5 Å². The van der Waals surface area contributed by atoms with Gasteiger partial charge in [-0.15, -0.1) is 0 Å². The van der Waals surface area contributed by atoms with Crippen LogP contribution in [0.5, 0.6) is 0 Å². The quantitative estimate of drug-likeness (QED) is 0.0215. The normalized spacial score (nSPS) is 18.8. The molecule has 1 saturated heterocycles. The van der Waals surface area contributed by atoms with Crippen LogP contribution in [0, 0.1) is 0 Å². The molecule has 0 aromatic heterocycles. The second kappa shape index (κ2) is 63.0. The lowest BCUT2D eigenvalue weighted by molar-refractivity contribution is -0.303. The number of aliphatic hydroxyl groups excluding tert-OH is 7. The third kappa shape index (κ3) is 50.2. The highest BCUT2D eigenvalue weighted by atomic mass is 16.7. The number of ether oxygens (including phenoxy) is 2. The Hall–Kier alpha value is -1.15. The molecule has 0 spiro atoms. The van der Waals surface area contributed by atoms with Gasteiger partial charge < -0.3 is 50.5 Å². The molecule has 1 heterocycles. The molecule has 8 N–H and O–H groups in total. The van der Waals surface area contributed by atoms with E-state index in [1.54, 1.807) is 0 Å². The Kier molecular flexibility index (Phi) is 60.7. The summed E-state index contributed by atoms with van der Waals surface area (Å²) in [7, 11) is 0. The van der Waals surface area contributed by atoms with Gasteiger partial charge in [0.1, 0.15) is 36.6 Å². The van der Waals surface area contributed by atoms with E-state index >= 15 is 0 Å². The van der Waals surface area contributed by atoms with E-state index < -0.39 is 74.2 Å². The van der Waals surface area contributed by atoms with Crippen molar-refractivity contribution >= 4 is 5.91 Å². The van der Waals surface area contributed by atoms with Gasteiger partial charge >= 0.3 is 0 Å². The molecule has 9 atom stereocenters. The highest BCUT2D eigenvalue weighted by Crippen LogP contribution is 2.24. The Morgan fingerprint density at radius 2 is 0.694 bits per heavy atom. The molecule has 0 saturated carbocycles. The minimum absolute atomic E-state index is 0.260. The highest BCUT2D eigenvalue weighted by Gasteiger charge is 2.44. The van der Waals surface area contributed by atoms with Crippen molar-refractivity contribution in [1.29, 1.82) is 0 Å². The molecule has 1 aliphatic heterocycles. The standard InChI is InChI=1S/C74H145NO10/c1-3-5-7-9-11-13-15-17-19-21-23-25-27-28-29-30-31-32-33-34-35-36-37-38-39-40-42-44-46-48-50-52-54-56-58-60-62-67(78)73(83)75-65(64-84-74-72(82)71(81)70(80)68(63-76)85-74)69(79)66(77)61-59-57-55-53-51-49-47-45-43-41-26-24-22-20-18-16-14-12-10-8-6-4-2/h53,55,65-72,74,76-82H,3-52,54,56-64H2,1-2H3,(H,75,83)/b55-53+. The number of allylic oxidation sites excluding steroid dienone is 2. The van der Waals surface area contributed by atoms with Crippen molar-refractivity contribution in [3.63, 3.8) is 0 Å². The van der Waals surface area contributed by atoms with Crippen molar-refractivity contribution in [1.82, 2.24) is 5.32 Å². The van der Waals surface area contributed by atoms with Gasteiger partial charge in [0.2, 0.25) is 5.91 Å². The van der Waals surface area contributed by atoms with E-state index in [2.05, 4.69) is 31.3 Å². The summed E-state index contributed by atoms with van der Waals surface area (Å²) in [5.41, 5.74) is 0. The predicted molar refractivity (Wildman–Crippen MR) is 358 cm³/mol. The second-order valence-corrected chi connectivity index (χ2v) is 26.7. The lowest BCUT2D eigenvalue weighted by Gasteiger charge is -2.40. The van der Waals surface area contributed by atoms with Crippen LogP contribution < -0.4 is 5.32 Å². The summed E-state index contributed by atoms with van der Waals surface area (Å²) >= 11 is 0. The summed E-state index contributed by atoms with van der Waals surface area (Å²) in [5, 5.41) is 76.5. The number of carbonyl (C=O) groups excluding carboxylic acids is 1. The molecule has 506 valence electrons. The van der Waals surface area contributed by atoms with Gasteiger partial charge in [0, 0.05) is 0 Å². The molecule has 9 unspecified atom stereocenters. The third-order valence-corrected chi connectivity index (χ3v) is 18.6. The lowest BCUT2D eigenvalue weighted by atomic mass is 9.98. The molecule has 0 aliphatic carbocycles. The molecule has 11 nitrogen and oxygen atoms in total. The van der Waals surface area contributed by atoms with E-state index in [-0.39, 0.29) is 12.8 Å². The molecule has 1 fully saturated rings. The average molecular weight is 1210 g/mol. The number of carbonyl (C=O) groups is 1. The van der Waals surface area contributed by atoms with Gasteiger partial charge in [0.05, 0.1) is 25.4 Å². The molecule has 1 amide bonds. The van der Waals surface area contributed by atoms with Crippen molar-refractivity contribution in [3.05, 3.63) is 12.2 Å². The Morgan fingerprint density at radius 3 is 1.01 bits per heavy atom. The fraction of sp³-hybridized carbons (Fsp3) is 0.959. The fourth-order valence-corrected chi connectivity index (χ4v) is 12.6. The molecule has 85 heavy (non-hydrogen) atoms. The fourth-order valence-electron chi connectivity index (χ4n) is 12.6. The average Bonchev–Trinajstić information content (AvgIpc) is 3.51. The minimum Gasteiger partial charge on any atom is -0.394 e. The zero-order chi connectivity index (χ0) is 61.7. The summed E-state index contributed by atoms with van der Waals surface area (Å²) in [4.78, 5) is 13.3. The molecule has 0 aromatic rings. The summed E-state index contributed by atoms with van der Waals surface area (Å²) < 4.78 is 11.2. The zero-order valence-corrected chi connectivity index (χ0v) is 56.1. The van der Waals surface area contributed by atoms with E-state index in [4.69, 9.17) is 9.47 Å². The Morgan fingerprint density at radius 1 is 0.400 bits per heavy atom. The molecule has 1 aliphatic rings. The monoisotopic (exact) mass is 1210 g/mol. The maximum absolute atomic E-state index is 13.3. The first-order chi connectivity index (χ1) is 41.7. The third-order valence-electron chi connectivity index (χ3n) is 18.6. The summed E-state index contributed by atoms with van der Waals surface area (Å²) in [6, 6.07) is -1.18. The first-order valence-electron chi connectivity index (χ1n) is 37.6. The molecule has 1 rings (SSSR count). The second-order valence-electron chi connectivity index (χ2n) is 26.7. The number of amides is 1.